The Hall–Kier alpha value is -2.15. The van der Waals surface area contributed by atoms with Gasteiger partial charge in [0.05, 0.1) is 5.69 Å². The highest BCUT2D eigenvalue weighted by molar-refractivity contribution is 5.78. The maximum atomic E-state index is 4.74. The summed E-state index contributed by atoms with van der Waals surface area (Å²) < 4.78 is 0. The van der Waals surface area contributed by atoms with Crippen molar-refractivity contribution in [2.24, 2.45) is 10.9 Å². The van der Waals surface area contributed by atoms with Crippen molar-refractivity contribution in [3.05, 3.63) is 70.8 Å². The van der Waals surface area contributed by atoms with Crippen LogP contribution in [0, 0.1) is 12.8 Å². The average molecular weight is 390 g/mol. The molecule has 0 aromatic heterocycles. The van der Waals surface area contributed by atoms with Gasteiger partial charge in [0, 0.05) is 11.8 Å². The van der Waals surface area contributed by atoms with Crippen LogP contribution in [0.3, 0.4) is 0 Å². The number of nitrogens with zero attached hydrogens (tertiary/aromatic N) is 1. The second-order valence-electron chi connectivity index (χ2n) is 8.30. The highest BCUT2D eigenvalue weighted by Crippen LogP contribution is 2.33. The predicted molar refractivity (Wildman–Crippen MR) is 131 cm³/mol. The Morgan fingerprint density at radius 3 is 2.34 bits per heavy atom. The fraction of sp³-hybridized carbons (Fsp3) is 0.464. The van der Waals surface area contributed by atoms with Crippen molar-refractivity contribution < 1.29 is 0 Å². The smallest absolute Gasteiger partial charge is 0.0703 e. The number of aryl methyl sites for hydroxylation is 2. The summed E-state index contributed by atoms with van der Waals surface area (Å²) >= 11 is 0. The van der Waals surface area contributed by atoms with E-state index < -0.39 is 0 Å². The van der Waals surface area contributed by atoms with Crippen LogP contribution in [-0.2, 0) is 19.3 Å². The van der Waals surface area contributed by atoms with Gasteiger partial charge in [-0.2, -0.15) is 0 Å². The molecule has 1 heteroatoms. The lowest BCUT2D eigenvalue weighted by atomic mass is 9.86. The van der Waals surface area contributed by atoms with E-state index in [2.05, 4.69) is 70.7 Å². The van der Waals surface area contributed by atoms with Crippen LogP contribution < -0.4 is 0 Å². The van der Waals surface area contributed by atoms with Crippen LogP contribution in [0.5, 0.6) is 0 Å². The quantitative estimate of drug-likeness (QED) is 0.343. The van der Waals surface area contributed by atoms with Crippen LogP contribution in [0.25, 0.3) is 5.57 Å². The highest BCUT2D eigenvalue weighted by Gasteiger charge is 2.15. The van der Waals surface area contributed by atoms with Crippen molar-refractivity contribution >= 4 is 17.5 Å². The first-order valence-electron chi connectivity index (χ1n) is 11.4. The van der Waals surface area contributed by atoms with Crippen molar-refractivity contribution in [2.45, 2.75) is 79.6 Å². The molecule has 0 aliphatic rings. The zero-order chi connectivity index (χ0) is 21.2. The molecule has 0 saturated heterocycles. The zero-order valence-electron chi connectivity index (χ0n) is 19.2. The van der Waals surface area contributed by atoms with Crippen LogP contribution in [0.1, 0.15) is 81.2 Å². The molecule has 0 amide bonds. The monoisotopic (exact) mass is 389 g/mol. The van der Waals surface area contributed by atoms with Gasteiger partial charge >= 0.3 is 0 Å². The molecule has 0 radical (unpaired) electrons. The molecule has 0 saturated carbocycles. The standard InChI is InChI=1S/C28H39N/c1-7-12-23(13-8-2)18-26-20-28(29-10-4)27(19-25(26)9-3)22(6)17-24-15-11-14-21(5)16-24/h10-11,14-16,19-20,23H,6-9,12-13,17-18H2,1-5H3. The van der Waals surface area contributed by atoms with E-state index in [4.69, 9.17) is 4.99 Å². The summed E-state index contributed by atoms with van der Waals surface area (Å²) in [5.41, 5.74) is 8.97. The Kier molecular flexibility index (Phi) is 9.38. The second-order valence-corrected chi connectivity index (χ2v) is 8.30. The lowest BCUT2D eigenvalue weighted by Gasteiger charge is -2.20. The van der Waals surface area contributed by atoms with Crippen molar-refractivity contribution in [3.8, 4) is 0 Å². The van der Waals surface area contributed by atoms with E-state index in [-0.39, 0.29) is 0 Å². The normalized spacial score (nSPS) is 11.5. The Labute approximate surface area is 179 Å². The van der Waals surface area contributed by atoms with E-state index in [9.17, 15) is 0 Å². The third kappa shape index (κ3) is 6.70. The summed E-state index contributed by atoms with van der Waals surface area (Å²) in [7, 11) is 0. The number of benzene rings is 2. The van der Waals surface area contributed by atoms with E-state index in [0.717, 1.165) is 30.0 Å². The molecule has 0 N–H and O–H groups in total. The Morgan fingerprint density at radius 2 is 1.76 bits per heavy atom. The summed E-state index contributed by atoms with van der Waals surface area (Å²) in [6.07, 6.45) is 10.1. The topological polar surface area (TPSA) is 12.4 Å². The Morgan fingerprint density at radius 1 is 1.03 bits per heavy atom. The summed E-state index contributed by atoms with van der Waals surface area (Å²) in [6, 6.07) is 13.4. The lowest BCUT2D eigenvalue weighted by molar-refractivity contribution is 0.437. The van der Waals surface area contributed by atoms with E-state index in [0.29, 0.717) is 0 Å². The van der Waals surface area contributed by atoms with Gasteiger partial charge in [-0.25, -0.2) is 0 Å². The highest BCUT2D eigenvalue weighted by atomic mass is 14.7. The summed E-state index contributed by atoms with van der Waals surface area (Å²) in [5, 5.41) is 0. The van der Waals surface area contributed by atoms with Crippen molar-refractivity contribution in [1.82, 2.24) is 0 Å². The van der Waals surface area contributed by atoms with Gasteiger partial charge in [-0.15, -0.1) is 0 Å². The minimum Gasteiger partial charge on any atom is -0.261 e. The molecular formula is C28H39N. The van der Waals surface area contributed by atoms with E-state index in [1.54, 1.807) is 0 Å². The molecule has 0 spiro atoms. The number of allylic oxidation sites excluding steroid dienone is 1. The molecule has 0 aliphatic heterocycles. The maximum absolute atomic E-state index is 4.74. The van der Waals surface area contributed by atoms with Crippen molar-refractivity contribution in [1.29, 1.82) is 0 Å². The molecule has 2 rings (SSSR count). The predicted octanol–water partition coefficient (Wildman–Crippen LogP) is 8.29. The maximum Gasteiger partial charge on any atom is 0.0703 e. The van der Waals surface area contributed by atoms with Gasteiger partial charge in [0.25, 0.3) is 0 Å². The largest absolute Gasteiger partial charge is 0.261 e. The van der Waals surface area contributed by atoms with Gasteiger partial charge in [-0.1, -0.05) is 82.9 Å². The van der Waals surface area contributed by atoms with Gasteiger partial charge in [0.1, 0.15) is 0 Å². The summed E-state index contributed by atoms with van der Waals surface area (Å²) in [4.78, 5) is 4.74. The Balaban J connectivity index is 2.38. The number of aliphatic imine (C=N–C) groups is 1. The molecule has 29 heavy (non-hydrogen) atoms. The zero-order valence-corrected chi connectivity index (χ0v) is 19.2. The second kappa shape index (κ2) is 11.8. The third-order valence-electron chi connectivity index (χ3n) is 5.75. The van der Waals surface area contributed by atoms with Gasteiger partial charge in [0.15, 0.2) is 0 Å². The van der Waals surface area contributed by atoms with Gasteiger partial charge < -0.3 is 0 Å². The summed E-state index contributed by atoms with van der Waals surface area (Å²) in [5.74, 6) is 0.773. The SMILES string of the molecule is C=C(Cc1cccc(C)c1)c1cc(CC)c(CC(CCC)CCC)cc1N=CC. The number of hydrogen-bond acceptors (Lipinski definition) is 1. The average Bonchev–Trinajstić information content (AvgIpc) is 2.69. The van der Waals surface area contributed by atoms with Gasteiger partial charge in [0.2, 0.25) is 0 Å². The van der Waals surface area contributed by atoms with Crippen LogP contribution in [0.15, 0.2) is 48.0 Å². The molecule has 0 atom stereocenters. The lowest BCUT2D eigenvalue weighted by Crippen LogP contribution is -2.07. The van der Waals surface area contributed by atoms with E-state index in [1.807, 2.05) is 13.1 Å². The van der Waals surface area contributed by atoms with Crippen LogP contribution >= 0.6 is 0 Å². The molecule has 2 aromatic rings. The molecular weight excluding hydrogens is 350 g/mol. The van der Waals surface area contributed by atoms with E-state index >= 15 is 0 Å². The third-order valence-corrected chi connectivity index (χ3v) is 5.75. The minimum atomic E-state index is 0.773. The molecule has 1 nitrogen and oxygen atoms in total. The van der Waals surface area contributed by atoms with Crippen molar-refractivity contribution in [3.63, 3.8) is 0 Å². The molecule has 0 fully saturated rings. The van der Waals surface area contributed by atoms with Gasteiger partial charge in [-0.05, 0) is 73.4 Å². The Bertz CT molecular complexity index is 822. The van der Waals surface area contributed by atoms with Gasteiger partial charge in [-0.3, -0.25) is 4.99 Å². The van der Waals surface area contributed by atoms with Crippen LogP contribution in [0.4, 0.5) is 5.69 Å². The number of rotatable bonds is 11. The molecule has 2 aromatic carbocycles. The molecule has 0 heterocycles. The molecule has 0 aliphatic carbocycles. The molecule has 0 bridgehead atoms. The number of hydrogen-bond donors (Lipinski definition) is 0. The molecule has 156 valence electrons. The van der Waals surface area contributed by atoms with Crippen molar-refractivity contribution in [2.75, 3.05) is 0 Å². The summed E-state index contributed by atoms with van der Waals surface area (Å²) in [6.45, 7) is 15.5. The first-order chi connectivity index (χ1) is 14.0. The fourth-order valence-corrected chi connectivity index (χ4v) is 4.36. The van der Waals surface area contributed by atoms with Crippen LogP contribution in [0.2, 0.25) is 0 Å². The first kappa shape index (κ1) is 23.1. The van der Waals surface area contributed by atoms with E-state index in [1.165, 1.54) is 59.9 Å². The minimum absolute atomic E-state index is 0.773. The van der Waals surface area contributed by atoms with Crippen LogP contribution in [-0.4, -0.2) is 6.21 Å². The first-order valence-corrected chi connectivity index (χ1v) is 11.4. The molecule has 0 unspecified atom stereocenters. The fourth-order valence-electron chi connectivity index (χ4n) is 4.36.